The first-order chi connectivity index (χ1) is 15.2. The van der Waals surface area contributed by atoms with Crippen LogP contribution >= 0.6 is 0 Å². The number of methoxy groups -OCH3 is 1. The van der Waals surface area contributed by atoms with Crippen molar-refractivity contribution in [3.8, 4) is 11.5 Å². The third-order valence-electron chi connectivity index (χ3n) is 6.25. The maximum Gasteiger partial charge on any atom is 0.242 e. The molecular weight excluding hydrogens is 392 g/mol. The second-order valence-corrected chi connectivity index (χ2v) is 7.92. The van der Waals surface area contributed by atoms with Crippen molar-refractivity contribution in [1.82, 2.24) is 20.7 Å². The van der Waals surface area contributed by atoms with Gasteiger partial charge in [-0.05, 0) is 41.5 Å². The Morgan fingerprint density at radius 3 is 2.42 bits per heavy atom. The predicted octanol–water partition coefficient (Wildman–Crippen LogP) is 2.71. The molecule has 4 atom stereocenters. The van der Waals surface area contributed by atoms with Gasteiger partial charge >= 0.3 is 0 Å². The molecule has 0 saturated carbocycles. The molecule has 0 aliphatic carbocycles. The second-order valence-electron chi connectivity index (χ2n) is 7.92. The highest BCUT2D eigenvalue weighted by Crippen LogP contribution is 2.49. The van der Waals surface area contributed by atoms with E-state index in [1.54, 1.807) is 31.6 Å². The van der Waals surface area contributed by atoms with Gasteiger partial charge in [0.1, 0.15) is 17.5 Å². The third-order valence-corrected chi connectivity index (χ3v) is 6.25. The van der Waals surface area contributed by atoms with Crippen molar-refractivity contribution >= 4 is 5.91 Å². The van der Waals surface area contributed by atoms with E-state index < -0.39 is 6.04 Å². The number of para-hydroxylation sites is 1. The molecule has 2 aliphatic rings. The van der Waals surface area contributed by atoms with Crippen LogP contribution in [-0.2, 0) is 11.3 Å². The van der Waals surface area contributed by atoms with Gasteiger partial charge in [-0.1, -0.05) is 30.3 Å². The minimum atomic E-state index is -0.390. The lowest BCUT2D eigenvalue weighted by Gasteiger charge is -2.31. The highest BCUT2D eigenvalue weighted by atomic mass is 16.5. The monoisotopic (exact) mass is 416 g/mol. The van der Waals surface area contributed by atoms with Crippen LogP contribution in [-0.4, -0.2) is 34.0 Å². The minimum Gasteiger partial charge on any atom is -0.508 e. The van der Waals surface area contributed by atoms with E-state index in [1.807, 2.05) is 53.4 Å². The molecule has 4 unspecified atom stereocenters. The molecule has 0 radical (unpaired) electrons. The van der Waals surface area contributed by atoms with E-state index in [0.717, 1.165) is 22.4 Å². The van der Waals surface area contributed by atoms with Crippen LogP contribution in [0.5, 0.6) is 11.5 Å². The highest BCUT2D eigenvalue weighted by Gasteiger charge is 2.55. The predicted molar refractivity (Wildman–Crippen MR) is 115 cm³/mol. The average Bonchev–Trinajstić information content (AvgIpc) is 3.34. The number of hydrogen-bond donors (Lipinski definition) is 3. The number of benzene rings is 2. The number of carbonyl (C=O) groups is 1. The van der Waals surface area contributed by atoms with Gasteiger partial charge in [0, 0.05) is 30.4 Å². The van der Waals surface area contributed by atoms with Crippen molar-refractivity contribution in [2.24, 2.45) is 5.92 Å². The molecule has 31 heavy (non-hydrogen) atoms. The summed E-state index contributed by atoms with van der Waals surface area (Å²) in [6.45, 7) is 0.486. The molecule has 158 valence electrons. The zero-order valence-electron chi connectivity index (χ0n) is 17.1. The molecule has 3 N–H and O–H groups in total. The Bertz CT molecular complexity index is 1070. The summed E-state index contributed by atoms with van der Waals surface area (Å²) >= 11 is 0. The number of nitrogens with one attached hydrogen (secondary N) is 2. The van der Waals surface area contributed by atoms with Crippen molar-refractivity contribution in [1.29, 1.82) is 0 Å². The van der Waals surface area contributed by atoms with Crippen LogP contribution < -0.4 is 15.6 Å². The van der Waals surface area contributed by atoms with Gasteiger partial charge in [0.05, 0.1) is 19.2 Å². The van der Waals surface area contributed by atoms with Crippen LogP contribution in [0.15, 0.2) is 73.1 Å². The van der Waals surface area contributed by atoms with Crippen LogP contribution in [0.3, 0.4) is 0 Å². The second kappa shape index (κ2) is 8.02. The molecule has 2 fully saturated rings. The van der Waals surface area contributed by atoms with E-state index in [0.29, 0.717) is 6.54 Å². The van der Waals surface area contributed by atoms with Crippen molar-refractivity contribution in [2.45, 2.75) is 24.7 Å². The summed E-state index contributed by atoms with van der Waals surface area (Å²) in [5.74, 6) is 0.922. The van der Waals surface area contributed by atoms with Gasteiger partial charge in [0.2, 0.25) is 5.91 Å². The molecule has 3 aromatic rings. The van der Waals surface area contributed by atoms with Gasteiger partial charge in [-0.2, -0.15) is 0 Å². The summed E-state index contributed by atoms with van der Waals surface area (Å²) in [6.07, 6.45) is 3.48. The Morgan fingerprint density at radius 2 is 1.71 bits per heavy atom. The summed E-state index contributed by atoms with van der Waals surface area (Å²) in [4.78, 5) is 19.5. The zero-order chi connectivity index (χ0) is 21.4. The number of fused-ring (bicyclic) bond motifs is 1. The normalized spacial score (nSPS) is 24.9. The van der Waals surface area contributed by atoms with E-state index in [4.69, 9.17) is 4.74 Å². The molecule has 3 heterocycles. The summed E-state index contributed by atoms with van der Waals surface area (Å²) in [5.41, 5.74) is 9.28. The molecule has 0 spiro atoms. The van der Waals surface area contributed by atoms with Crippen molar-refractivity contribution in [3.63, 3.8) is 0 Å². The molecule has 7 nitrogen and oxygen atoms in total. The average molecular weight is 416 g/mol. The van der Waals surface area contributed by atoms with Gasteiger partial charge in [0.25, 0.3) is 0 Å². The number of amides is 1. The van der Waals surface area contributed by atoms with Crippen LogP contribution in [0, 0.1) is 5.92 Å². The molecule has 7 heteroatoms. The first-order valence-corrected chi connectivity index (χ1v) is 10.3. The number of ether oxygens (including phenoxy) is 1. The summed E-state index contributed by atoms with van der Waals surface area (Å²) in [6, 6.07) is 18.2. The first-order valence-electron chi connectivity index (χ1n) is 10.3. The maximum absolute atomic E-state index is 13.5. The van der Waals surface area contributed by atoms with E-state index >= 15 is 0 Å². The molecule has 0 bridgehead atoms. The lowest BCUT2D eigenvalue weighted by atomic mass is 9.83. The van der Waals surface area contributed by atoms with Gasteiger partial charge in [-0.3, -0.25) is 9.78 Å². The third kappa shape index (κ3) is 3.41. The number of nitrogens with zero attached hydrogens (tertiary/aromatic N) is 2. The molecule has 1 aromatic heterocycles. The number of likely N-dealkylation sites (tertiary alicyclic amines) is 1. The number of phenols is 1. The van der Waals surface area contributed by atoms with Crippen LogP contribution in [0.25, 0.3) is 0 Å². The maximum atomic E-state index is 13.5. The van der Waals surface area contributed by atoms with Gasteiger partial charge in [0.15, 0.2) is 0 Å². The topological polar surface area (TPSA) is 86.7 Å². The van der Waals surface area contributed by atoms with E-state index in [1.165, 1.54) is 0 Å². The van der Waals surface area contributed by atoms with Crippen molar-refractivity contribution < 1.29 is 14.6 Å². The molecular formula is C24H24N4O3. The lowest BCUT2D eigenvalue weighted by Crippen LogP contribution is -2.41. The fourth-order valence-electron chi connectivity index (χ4n) is 4.78. The Labute approximate surface area is 180 Å². The molecule has 5 rings (SSSR count). The van der Waals surface area contributed by atoms with Crippen LogP contribution in [0.1, 0.15) is 28.8 Å². The standard InChI is InChI=1S/C24H24N4O3/c1-31-17-8-6-16(7-9-17)23-20-21(18-4-2-3-5-19(18)29)26-27-22(20)24(30)28(23)14-15-10-12-25-13-11-15/h2-13,20-23,26-27,29H,14H2,1H3. The number of hydrazine groups is 1. The van der Waals surface area contributed by atoms with E-state index in [9.17, 15) is 9.90 Å². The largest absolute Gasteiger partial charge is 0.508 e. The quantitative estimate of drug-likeness (QED) is 0.593. The van der Waals surface area contributed by atoms with Crippen LogP contribution in [0.4, 0.5) is 0 Å². The zero-order valence-corrected chi connectivity index (χ0v) is 17.1. The number of rotatable bonds is 5. The van der Waals surface area contributed by atoms with E-state index in [2.05, 4.69) is 15.8 Å². The number of hydrogen-bond acceptors (Lipinski definition) is 6. The minimum absolute atomic E-state index is 0.0352. The molecule has 2 aromatic carbocycles. The number of carbonyl (C=O) groups excluding carboxylic acids is 1. The first kappa shape index (κ1) is 19.5. The molecule has 2 saturated heterocycles. The Morgan fingerprint density at radius 1 is 1.00 bits per heavy atom. The summed E-state index contributed by atoms with van der Waals surface area (Å²) in [7, 11) is 1.64. The number of aromatic hydroxyl groups is 1. The fraction of sp³-hybridized carbons (Fsp3) is 0.250. The fourth-order valence-corrected chi connectivity index (χ4v) is 4.78. The van der Waals surface area contributed by atoms with Crippen molar-refractivity contribution in [2.75, 3.05) is 7.11 Å². The lowest BCUT2D eigenvalue weighted by molar-refractivity contribution is -0.131. The number of pyridine rings is 1. The molecule has 1 amide bonds. The number of phenolic OH excluding ortho intramolecular Hbond substituents is 1. The molecule has 2 aliphatic heterocycles. The van der Waals surface area contributed by atoms with Gasteiger partial charge < -0.3 is 14.7 Å². The Balaban J connectivity index is 1.57. The number of aromatic nitrogens is 1. The van der Waals surface area contributed by atoms with Gasteiger partial charge in [-0.25, -0.2) is 10.9 Å². The smallest absolute Gasteiger partial charge is 0.242 e. The van der Waals surface area contributed by atoms with Crippen molar-refractivity contribution in [3.05, 3.63) is 89.7 Å². The SMILES string of the molecule is COc1ccc(C2C3C(NNC3c3ccccc3O)C(=O)N2Cc2ccncc2)cc1. The Kier molecular flexibility index (Phi) is 5.05. The Hall–Kier alpha value is -3.42. The summed E-state index contributed by atoms with van der Waals surface area (Å²) < 4.78 is 5.32. The summed E-state index contributed by atoms with van der Waals surface area (Å²) in [5, 5.41) is 10.5. The van der Waals surface area contributed by atoms with Gasteiger partial charge in [-0.15, -0.1) is 0 Å². The van der Waals surface area contributed by atoms with E-state index in [-0.39, 0.29) is 29.7 Å². The highest BCUT2D eigenvalue weighted by molar-refractivity contribution is 5.86. The van der Waals surface area contributed by atoms with Crippen LogP contribution in [0.2, 0.25) is 0 Å².